The molecule has 1 atom stereocenters. The number of hydrogen-bond donors (Lipinski definition) is 1. The molecule has 1 aromatic rings. The molecule has 2 nitrogen and oxygen atoms in total. The van der Waals surface area contributed by atoms with E-state index in [0.717, 1.165) is 32.3 Å². The zero-order valence-corrected chi connectivity index (χ0v) is 13.0. The lowest BCUT2D eigenvalue weighted by molar-refractivity contribution is -0.0375. The second-order valence-electron chi connectivity index (χ2n) is 6.40. The van der Waals surface area contributed by atoms with Crippen LogP contribution in [0.5, 0.6) is 0 Å². The summed E-state index contributed by atoms with van der Waals surface area (Å²) in [6.07, 6.45) is 4.16. The standard InChI is InChI=1S/C18H28O2/c1-4-20-18-11-15(12-18)10-17(19)9-14-5-7-16(8-6-14)13(2)3/h5-8,13,15,17-19H,4,9-12H2,1-3H3. The number of ether oxygens (including phenoxy) is 1. The first-order chi connectivity index (χ1) is 9.58. The van der Waals surface area contributed by atoms with Crippen molar-refractivity contribution in [3.05, 3.63) is 35.4 Å². The van der Waals surface area contributed by atoms with E-state index in [-0.39, 0.29) is 6.10 Å². The normalized spacial score (nSPS) is 23.6. The maximum Gasteiger partial charge on any atom is 0.0583 e. The Morgan fingerprint density at radius 3 is 2.40 bits per heavy atom. The van der Waals surface area contributed by atoms with Crippen molar-refractivity contribution in [1.29, 1.82) is 0 Å². The van der Waals surface area contributed by atoms with Crippen molar-refractivity contribution in [3.8, 4) is 0 Å². The summed E-state index contributed by atoms with van der Waals surface area (Å²) in [5.74, 6) is 1.22. The molecule has 0 spiro atoms. The van der Waals surface area contributed by atoms with Crippen molar-refractivity contribution in [1.82, 2.24) is 0 Å². The van der Waals surface area contributed by atoms with Crippen LogP contribution in [0.4, 0.5) is 0 Å². The van der Waals surface area contributed by atoms with Crippen LogP contribution in [0, 0.1) is 5.92 Å². The predicted molar refractivity (Wildman–Crippen MR) is 83.0 cm³/mol. The first-order valence-corrected chi connectivity index (χ1v) is 7.97. The number of aliphatic hydroxyl groups is 1. The monoisotopic (exact) mass is 276 g/mol. The molecule has 0 aliphatic heterocycles. The summed E-state index contributed by atoms with van der Waals surface area (Å²) in [6, 6.07) is 8.67. The van der Waals surface area contributed by atoms with Gasteiger partial charge < -0.3 is 9.84 Å². The summed E-state index contributed by atoms with van der Waals surface area (Å²) < 4.78 is 5.56. The largest absolute Gasteiger partial charge is 0.393 e. The highest BCUT2D eigenvalue weighted by atomic mass is 16.5. The summed E-state index contributed by atoms with van der Waals surface area (Å²) in [6.45, 7) is 7.26. The molecule has 0 aromatic heterocycles. The fourth-order valence-electron chi connectivity index (χ4n) is 3.02. The van der Waals surface area contributed by atoms with Gasteiger partial charge >= 0.3 is 0 Å². The molecule has 112 valence electrons. The number of benzene rings is 1. The van der Waals surface area contributed by atoms with Gasteiger partial charge in [0.15, 0.2) is 0 Å². The smallest absolute Gasteiger partial charge is 0.0583 e. The average Bonchev–Trinajstić information content (AvgIpc) is 2.37. The van der Waals surface area contributed by atoms with Crippen LogP contribution < -0.4 is 0 Å². The summed E-state index contributed by atoms with van der Waals surface area (Å²) >= 11 is 0. The maximum atomic E-state index is 10.2. The van der Waals surface area contributed by atoms with Crippen molar-refractivity contribution in [2.75, 3.05) is 6.61 Å². The average molecular weight is 276 g/mol. The maximum absolute atomic E-state index is 10.2. The Labute approximate surface area is 123 Å². The van der Waals surface area contributed by atoms with Gasteiger partial charge in [0.2, 0.25) is 0 Å². The van der Waals surface area contributed by atoms with Crippen molar-refractivity contribution < 1.29 is 9.84 Å². The van der Waals surface area contributed by atoms with Crippen LogP contribution in [0.15, 0.2) is 24.3 Å². The van der Waals surface area contributed by atoms with Gasteiger partial charge in [-0.2, -0.15) is 0 Å². The number of hydrogen-bond acceptors (Lipinski definition) is 2. The molecule has 0 bridgehead atoms. The zero-order valence-electron chi connectivity index (χ0n) is 13.0. The molecule has 20 heavy (non-hydrogen) atoms. The van der Waals surface area contributed by atoms with Gasteiger partial charge in [0.05, 0.1) is 12.2 Å². The summed E-state index contributed by atoms with van der Waals surface area (Å²) in [4.78, 5) is 0. The van der Waals surface area contributed by atoms with E-state index in [1.54, 1.807) is 0 Å². The van der Waals surface area contributed by atoms with Crippen LogP contribution in [-0.4, -0.2) is 23.9 Å². The lowest BCUT2D eigenvalue weighted by Gasteiger charge is -2.36. The predicted octanol–water partition coefficient (Wildman–Crippen LogP) is 3.92. The van der Waals surface area contributed by atoms with E-state index in [1.165, 1.54) is 11.1 Å². The van der Waals surface area contributed by atoms with Crippen molar-refractivity contribution in [2.45, 2.75) is 64.6 Å². The molecule has 2 rings (SSSR count). The van der Waals surface area contributed by atoms with Gasteiger partial charge in [-0.3, -0.25) is 0 Å². The Morgan fingerprint density at radius 1 is 1.20 bits per heavy atom. The van der Waals surface area contributed by atoms with Crippen LogP contribution in [0.2, 0.25) is 0 Å². The molecule has 0 heterocycles. The third-order valence-corrected chi connectivity index (χ3v) is 4.32. The Kier molecular flexibility index (Phi) is 5.62. The van der Waals surface area contributed by atoms with Crippen LogP contribution in [-0.2, 0) is 11.2 Å². The van der Waals surface area contributed by atoms with Gasteiger partial charge in [0.25, 0.3) is 0 Å². The van der Waals surface area contributed by atoms with Crippen molar-refractivity contribution in [2.24, 2.45) is 5.92 Å². The summed E-state index contributed by atoms with van der Waals surface area (Å²) in [5.41, 5.74) is 2.60. The second kappa shape index (κ2) is 7.24. The molecule has 0 radical (unpaired) electrons. The van der Waals surface area contributed by atoms with Crippen molar-refractivity contribution in [3.63, 3.8) is 0 Å². The molecular weight excluding hydrogens is 248 g/mol. The van der Waals surface area contributed by atoms with Crippen LogP contribution in [0.3, 0.4) is 0 Å². The van der Waals surface area contributed by atoms with Crippen molar-refractivity contribution >= 4 is 0 Å². The Balaban J connectivity index is 1.73. The highest BCUT2D eigenvalue weighted by Crippen LogP contribution is 2.34. The number of rotatable bonds is 7. The fraction of sp³-hybridized carbons (Fsp3) is 0.667. The summed E-state index contributed by atoms with van der Waals surface area (Å²) in [5, 5.41) is 10.2. The SMILES string of the molecule is CCOC1CC(CC(O)Cc2ccc(C(C)C)cc2)C1. The molecule has 0 saturated heterocycles. The third kappa shape index (κ3) is 4.32. The van der Waals surface area contributed by atoms with Crippen LogP contribution in [0.25, 0.3) is 0 Å². The molecule has 1 aliphatic rings. The van der Waals surface area contributed by atoms with E-state index in [0.29, 0.717) is 17.9 Å². The molecule has 1 saturated carbocycles. The Morgan fingerprint density at radius 2 is 1.85 bits per heavy atom. The molecular formula is C18H28O2. The summed E-state index contributed by atoms with van der Waals surface area (Å²) in [7, 11) is 0. The highest BCUT2D eigenvalue weighted by molar-refractivity contribution is 5.25. The molecule has 1 aliphatic carbocycles. The van der Waals surface area contributed by atoms with Crippen LogP contribution in [0.1, 0.15) is 57.1 Å². The minimum Gasteiger partial charge on any atom is -0.393 e. The van der Waals surface area contributed by atoms with Crippen LogP contribution >= 0.6 is 0 Å². The van der Waals surface area contributed by atoms with E-state index in [2.05, 4.69) is 38.1 Å². The third-order valence-electron chi connectivity index (χ3n) is 4.32. The van der Waals surface area contributed by atoms with E-state index in [4.69, 9.17) is 4.74 Å². The topological polar surface area (TPSA) is 29.5 Å². The zero-order chi connectivity index (χ0) is 14.5. The Bertz CT molecular complexity index is 390. The first-order valence-electron chi connectivity index (χ1n) is 7.97. The first kappa shape index (κ1) is 15.5. The lowest BCUT2D eigenvalue weighted by atomic mass is 9.78. The minimum atomic E-state index is -0.215. The van der Waals surface area contributed by atoms with E-state index >= 15 is 0 Å². The van der Waals surface area contributed by atoms with E-state index < -0.39 is 0 Å². The van der Waals surface area contributed by atoms with Gasteiger partial charge in [0.1, 0.15) is 0 Å². The Hall–Kier alpha value is -0.860. The molecule has 2 heteroatoms. The van der Waals surface area contributed by atoms with Gasteiger partial charge in [-0.1, -0.05) is 38.1 Å². The van der Waals surface area contributed by atoms with Gasteiger partial charge in [-0.15, -0.1) is 0 Å². The van der Waals surface area contributed by atoms with Gasteiger partial charge in [0, 0.05) is 6.61 Å². The highest BCUT2D eigenvalue weighted by Gasteiger charge is 2.30. The quantitative estimate of drug-likeness (QED) is 0.818. The second-order valence-corrected chi connectivity index (χ2v) is 6.40. The fourth-order valence-corrected chi connectivity index (χ4v) is 3.02. The molecule has 1 aromatic carbocycles. The molecule has 1 unspecified atom stereocenters. The molecule has 0 amide bonds. The number of aliphatic hydroxyl groups excluding tert-OH is 1. The van der Waals surface area contributed by atoms with Gasteiger partial charge in [-0.05, 0) is 55.6 Å². The van der Waals surface area contributed by atoms with E-state index in [1.807, 2.05) is 6.92 Å². The molecule has 1 fully saturated rings. The molecule has 1 N–H and O–H groups in total. The van der Waals surface area contributed by atoms with E-state index in [9.17, 15) is 5.11 Å². The lowest BCUT2D eigenvalue weighted by Crippen LogP contribution is -2.34. The van der Waals surface area contributed by atoms with Gasteiger partial charge in [-0.25, -0.2) is 0 Å². The minimum absolute atomic E-state index is 0.215.